The Morgan fingerprint density at radius 3 is 2.72 bits per heavy atom. The SMILES string of the molecule is Oc1ccc(Br)cc1-c1cc(-c2cccc3c2OCO3)cc(NC2CCCC2)n1. The Labute approximate surface area is 177 Å². The molecular formula is C23H21BrN2O3. The van der Waals surface area contributed by atoms with Gasteiger partial charge in [-0.25, -0.2) is 4.98 Å². The average molecular weight is 453 g/mol. The quantitative estimate of drug-likeness (QED) is 0.510. The van der Waals surface area contributed by atoms with Crippen LogP contribution in [0.4, 0.5) is 5.82 Å². The molecule has 1 fully saturated rings. The summed E-state index contributed by atoms with van der Waals surface area (Å²) in [4.78, 5) is 4.82. The van der Waals surface area contributed by atoms with Gasteiger partial charge in [0.25, 0.3) is 0 Å². The summed E-state index contributed by atoms with van der Waals surface area (Å²) in [6, 6.07) is 15.7. The van der Waals surface area contributed by atoms with Crippen LogP contribution in [0.5, 0.6) is 17.2 Å². The molecule has 1 aromatic heterocycles. The van der Waals surface area contributed by atoms with Crippen molar-refractivity contribution in [1.29, 1.82) is 0 Å². The first-order chi connectivity index (χ1) is 14.2. The first-order valence-corrected chi connectivity index (χ1v) is 10.6. The van der Waals surface area contributed by atoms with Crippen LogP contribution in [0.25, 0.3) is 22.4 Å². The van der Waals surface area contributed by atoms with E-state index < -0.39 is 0 Å². The predicted octanol–water partition coefficient (Wildman–Crippen LogP) is 5.97. The number of aromatic hydroxyl groups is 1. The van der Waals surface area contributed by atoms with Crippen LogP contribution in [0.2, 0.25) is 0 Å². The van der Waals surface area contributed by atoms with Gasteiger partial charge in [-0.05, 0) is 54.8 Å². The minimum Gasteiger partial charge on any atom is -0.507 e. The highest BCUT2D eigenvalue weighted by Gasteiger charge is 2.21. The molecule has 0 radical (unpaired) electrons. The maximum Gasteiger partial charge on any atom is 0.231 e. The molecule has 3 aromatic rings. The number of nitrogens with zero attached hydrogens (tertiary/aromatic N) is 1. The lowest BCUT2D eigenvalue weighted by Crippen LogP contribution is -2.15. The number of hydrogen-bond donors (Lipinski definition) is 2. The summed E-state index contributed by atoms with van der Waals surface area (Å²) < 4.78 is 12.2. The molecule has 5 nitrogen and oxygen atoms in total. The standard InChI is InChI=1S/C23H21BrN2O3/c24-15-8-9-20(27)18(12-15)19-10-14(11-22(26-19)25-16-4-1-2-5-16)17-6-3-7-21-23(17)29-13-28-21/h3,6-12,16,27H,1-2,4-5,13H2,(H,25,26). The van der Waals surface area contributed by atoms with E-state index >= 15 is 0 Å². The van der Waals surface area contributed by atoms with E-state index in [0.717, 1.165) is 45.8 Å². The summed E-state index contributed by atoms with van der Waals surface area (Å²) in [5.41, 5.74) is 3.31. The third-order valence-electron chi connectivity index (χ3n) is 5.47. The lowest BCUT2D eigenvalue weighted by molar-refractivity contribution is 0.174. The zero-order valence-electron chi connectivity index (χ0n) is 15.8. The molecule has 0 amide bonds. The van der Waals surface area contributed by atoms with Gasteiger partial charge in [-0.15, -0.1) is 0 Å². The van der Waals surface area contributed by atoms with Crippen LogP contribution in [0.1, 0.15) is 25.7 Å². The molecule has 2 aliphatic rings. The number of hydrogen-bond acceptors (Lipinski definition) is 5. The number of aromatic nitrogens is 1. The lowest BCUT2D eigenvalue weighted by atomic mass is 10.0. The molecule has 6 heteroatoms. The fraction of sp³-hybridized carbons (Fsp3) is 0.261. The summed E-state index contributed by atoms with van der Waals surface area (Å²) in [5.74, 6) is 2.49. The Hall–Kier alpha value is -2.73. The van der Waals surface area contributed by atoms with Crippen LogP contribution in [0.15, 0.2) is 53.0 Å². The summed E-state index contributed by atoms with van der Waals surface area (Å²) >= 11 is 3.50. The van der Waals surface area contributed by atoms with Gasteiger partial charge in [0.1, 0.15) is 11.6 Å². The van der Waals surface area contributed by atoms with E-state index in [1.807, 2.05) is 42.5 Å². The average Bonchev–Trinajstić information content (AvgIpc) is 3.41. The van der Waals surface area contributed by atoms with Crippen LogP contribution in [0, 0.1) is 0 Å². The van der Waals surface area contributed by atoms with Crippen molar-refractivity contribution >= 4 is 21.7 Å². The van der Waals surface area contributed by atoms with Crippen molar-refractivity contribution in [1.82, 2.24) is 4.98 Å². The normalized spacial score (nSPS) is 15.6. The zero-order valence-corrected chi connectivity index (χ0v) is 17.4. The van der Waals surface area contributed by atoms with Gasteiger partial charge in [0.15, 0.2) is 11.5 Å². The van der Waals surface area contributed by atoms with Gasteiger partial charge in [0.05, 0.1) is 5.69 Å². The number of anilines is 1. The van der Waals surface area contributed by atoms with Gasteiger partial charge in [-0.2, -0.15) is 0 Å². The number of halogens is 1. The van der Waals surface area contributed by atoms with Crippen LogP contribution < -0.4 is 14.8 Å². The highest BCUT2D eigenvalue weighted by molar-refractivity contribution is 9.10. The molecule has 5 rings (SSSR count). The molecule has 29 heavy (non-hydrogen) atoms. The molecule has 0 bridgehead atoms. The zero-order chi connectivity index (χ0) is 19.8. The van der Waals surface area contributed by atoms with Crippen LogP contribution in [-0.2, 0) is 0 Å². The predicted molar refractivity (Wildman–Crippen MR) is 116 cm³/mol. The van der Waals surface area contributed by atoms with Crippen molar-refractivity contribution in [3.63, 3.8) is 0 Å². The van der Waals surface area contributed by atoms with E-state index in [1.54, 1.807) is 6.07 Å². The highest BCUT2D eigenvalue weighted by Crippen LogP contribution is 2.43. The first-order valence-electron chi connectivity index (χ1n) is 9.84. The molecular weight excluding hydrogens is 432 g/mol. The lowest BCUT2D eigenvalue weighted by Gasteiger charge is -2.16. The summed E-state index contributed by atoms with van der Waals surface area (Å²) in [7, 11) is 0. The molecule has 0 unspecified atom stereocenters. The van der Waals surface area contributed by atoms with E-state index in [-0.39, 0.29) is 12.5 Å². The fourth-order valence-corrected chi connectivity index (χ4v) is 4.41. The first kappa shape index (κ1) is 18.3. The Balaban J connectivity index is 1.64. The monoisotopic (exact) mass is 452 g/mol. The number of nitrogens with one attached hydrogen (secondary N) is 1. The molecule has 0 spiro atoms. The van der Waals surface area contributed by atoms with Gasteiger partial charge in [0, 0.05) is 21.6 Å². The molecule has 2 aromatic carbocycles. The molecule has 2 heterocycles. The van der Waals surface area contributed by atoms with Crippen LogP contribution >= 0.6 is 15.9 Å². The van der Waals surface area contributed by atoms with Crippen LogP contribution in [0.3, 0.4) is 0 Å². The van der Waals surface area contributed by atoms with Crippen molar-refractivity contribution in [3.05, 3.63) is 53.0 Å². The van der Waals surface area contributed by atoms with Gasteiger partial charge >= 0.3 is 0 Å². The van der Waals surface area contributed by atoms with Gasteiger partial charge in [-0.1, -0.05) is 40.9 Å². The van der Waals surface area contributed by atoms with Crippen molar-refractivity contribution in [2.75, 3.05) is 12.1 Å². The number of para-hydroxylation sites is 1. The second kappa shape index (κ2) is 7.59. The molecule has 1 aliphatic carbocycles. The number of pyridine rings is 1. The number of phenolic OH excluding ortho intramolecular Hbond substituents is 1. The molecule has 1 saturated carbocycles. The number of phenols is 1. The van der Waals surface area contributed by atoms with E-state index in [9.17, 15) is 5.11 Å². The second-order valence-corrected chi connectivity index (χ2v) is 8.37. The van der Waals surface area contributed by atoms with E-state index in [0.29, 0.717) is 17.3 Å². The highest BCUT2D eigenvalue weighted by atomic mass is 79.9. The van der Waals surface area contributed by atoms with Gasteiger partial charge in [0.2, 0.25) is 6.79 Å². The minimum atomic E-state index is 0.197. The van der Waals surface area contributed by atoms with E-state index in [4.69, 9.17) is 14.5 Å². The largest absolute Gasteiger partial charge is 0.507 e. The van der Waals surface area contributed by atoms with Gasteiger partial charge < -0.3 is 19.9 Å². The molecule has 0 atom stereocenters. The number of benzene rings is 2. The van der Waals surface area contributed by atoms with Gasteiger partial charge in [-0.3, -0.25) is 0 Å². The van der Waals surface area contributed by atoms with E-state index in [2.05, 4.69) is 21.2 Å². The van der Waals surface area contributed by atoms with Crippen molar-refractivity contribution in [3.8, 4) is 39.6 Å². The fourth-order valence-electron chi connectivity index (χ4n) is 4.05. The molecule has 148 valence electrons. The summed E-state index contributed by atoms with van der Waals surface area (Å²) in [6.07, 6.45) is 4.80. The van der Waals surface area contributed by atoms with Crippen molar-refractivity contribution < 1.29 is 14.6 Å². The summed E-state index contributed by atoms with van der Waals surface area (Å²) in [5, 5.41) is 14.0. The third kappa shape index (κ3) is 3.65. The summed E-state index contributed by atoms with van der Waals surface area (Å²) in [6.45, 7) is 0.226. The molecule has 1 aliphatic heterocycles. The van der Waals surface area contributed by atoms with E-state index in [1.165, 1.54) is 12.8 Å². The van der Waals surface area contributed by atoms with Crippen molar-refractivity contribution in [2.45, 2.75) is 31.7 Å². The Morgan fingerprint density at radius 1 is 1.00 bits per heavy atom. The number of fused-ring (bicyclic) bond motifs is 1. The minimum absolute atomic E-state index is 0.197. The smallest absolute Gasteiger partial charge is 0.231 e. The Bertz CT molecular complexity index is 1060. The number of ether oxygens (including phenoxy) is 2. The molecule has 2 N–H and O–H groups in total. The molecule has 0 saturated heterocycles. The maximum absolute atomic E-state index is 10.5. The topological polar surface area (TPSA) is 63.6 Å². The Morgan fingerprint density at radius 2 is 1.86 bits per heavy atom. The van der Waals surface area contributed by atoms with Crippen molar-refractivity contribution in [2.24, 2.45) is 0 Å². The third-order valence-corrected chi connectivity index (χ3v) is 5.97. The second-order valence-electron chi connectivity index (χ2n) is 7.45. The maximum atomic E-state index is 10.5. The number of rotatable bonds is 4. The van der Waals surface area contributed by atoms with Crippen LogP contribution in [-0.4, -0.2) is 22.9 Å². The Kier molecular flexibility index (Phi) is 4.79.